The average molecular weight is 422 g/mol. The minimum Gasteiger partial charge on any atom is -0.346 e. The molecule has 1 aliphatic heterocycles. The van der Waals surface area contributed by atoms with E-state index in [9.17, 15) is 9.59 Å². The zero-order valence-electron chi connectivity index (χ0n) is 17.7. The van der Waals surface area contributed by atoms with E-state index in [1.807, 2.05) is 31.2 Å². The number of aryl methyl sites for hydroxylation is 2. The summed E-state index contributed by atoms with van der Waals surface area (Å²) in [5.41, 5.74) is 5.01. The number of hydrogen-bond donors (Lipinski definition) is 1. The van der Waals surface area contributed by atoms with Gasteiger partial charge < -0.3 is 4.57 Å². The first kappa shape index (κ1) is 20.5. The van der Waals surface area contributed by atoms with Gasteiger partial charge in [0, 0.05) is 17.4 Å². The molecule has 0 bridgehead atoms. The number of anilines is 1. The van der Waals surface area contributed by atoms with Crippen LogP contribution in [0, 0.1) is 13.8 Å². The van der Waals surface area contributed by atoms with E-state index in [-0.39, 0.29) is 16.6 Å². The van der Waals surface area contributed by atoms with Gasteiger partial charge in [0.2, 0.25) is 0 Å². The molecule has 2 fully saturated rings. The number of nitrogens with zero attached hydrogens (tertiary/aromatic N) is 2. The molecule has 1 aliphatic carbocycles. The predicted octanol–water partition coefficient (Wildman–Crippen LogP) is 4.61. The summed E-state index contributed by atoms with van der Waals surface area (Å²) in [6, 6.07) is 10.2. The fourth-order valence-corrected chi connectivity index (χ4v) is 5.01. The minimum atomic E-state index is -0.444. The number of para-hydroxylation sites is 1. The number of aromatic nitrogens is 1. The summed E-state index contributed by atoms with van der Waals surface area (Å²) in [6.45, 7) is 6.19. The summed E-state index contributed by atoms with van der Waals surface area (Å²) >= 11 is 5.35. The number of nitrogens with one attached hydrogen (secondary N) is 1. The van der Waals surface area contributed by atoms with Gasteiger partial charge in [-0.3, -0.25) is 19.8 Å². The third kappa shape index (κ3) is 3.49. The molecule has 1 saturated heterocycles. The second-order valence-electron chi connectivity index (χ2n) is 8.07. The monoisotopic (exact) mass is 421 g/mol. The summed E-state index contributed by atoms with van der Waals surface area (Å²) < 4.78 is 2.36. The number of carbonyl (C=O) groups is 2. The van der Waals surface area contributed by atoms with Crippen LogP contribution in [0.1, 0.15) is 61.2 Å². The maximum absolute atomic E-state index is 13.4. The van der Waals surface area contributed by atoms with Crippen LogP contribution in [0.3, 0.4) is 0 Å². The standard InChI is InChI=1S/C24H27N3O2S/c1-4-17-9-5-8-12-21(17)27-23(29)20(22(28)25-24(27)30)14-18-13-15(2)26(16(18)3)19-10-6-7-11-19/h5,8-9,12-14,19H,4,6-7,10-11H2,1-3H3,(H,25,28,30)/b20-14+. The molecular formula is C24H27N3O2S. The molecular weight excluding hydrogens is 394 g/mol. The Morgan fingerprint density at radius 2 is 1.87 bits per heavy atom. The van der Waals surface area contributed by atoms with E-state index in [4.69, 9.17) is 12.2 Å². The van der Waals surface area contributed by atoms with Crippen LogP contribution in [-0.2, 0) is 16.0 Å². The molecule has 1 aromatic carbocycles. The van der Waals surface area contributed by atoms with Crippen molar-refractivity contribution >= 4 is 40.9 Å². The van der Waals surface area contributed by atoms with Gasteiger partial charge in [0.15, 0.2) is 5.11 Å². The Hall–Kier alpha value is -2.73. The third-order valence-corrected chi connectivity index (χ3v) is 6.51. The highest BCUT2D eigenvalue weighted by molar-refractivity contribution is 7.80. The molecule has 2 amide bonds. The Bertz CT molecular complexity index is 1060. The number of amides is 2. The first-order valence-corrected chi connectivity index (χ1v) is 11.0. The van der Waals surface area contributed by atoms with Gasteiger partial charge in [-0.25, -0.2) is 0 Å². The first-order valence-electron chi connectivity index (χ1n) is 10.6. The van der Waals surface area contributed by atoms with E-state index < -0.39 is 5.91 Å². The van der Waals surface area contributed by atoms with Crippen molar-refractivity contribution in [2.45, 2.75) is 58.9 Å². The van der Waals surface area contributed by atoms with Crippen LogP contribution < -0.4 is 10.2 Å². The van der Waals surface area contributed by atoms with Gasteiger partial charge in [-0.2, -0.15) is 0 Å². The van der Waals surface area contributed by atoms with Crippen molar-refractivity contribution in [3.8, 4) is 0 Å². The molecule has 0 unspecified atom stereocenters. The van der Waals surface area contributed by atoms with Crippen LogP contribution >= 0.6 is 12.2 Å². The van der Waals surface area contributed by atoms with Crippen molar-refractivity contribution in [2.24, 2.45) is 0 Å². The van der Waals surface area contributed by atoms with E-state index >= 15 is 0 Å². The smallest absolute Gasteiger partial charge is 0.270 e. The number of hydrogen-bond acceptors (Lipinski definition) is 3. The zero-order valence-corrected chi connectivity index (χ0v) is 18.5. The lowest BCUT2D eigenvalue weighted by Crippen LogP contribution is -2.54. The minimum absolute atomic E-state index is 0.112. The van der Waals surface area contributed by atoms with Gasteiger partial charge in [0.1, 0.15) is 5.57 Å². The Morgan fingerprint density at radius 1 is 1.17 bits per heavy atom. The molecule has 5 nitrogen and oxygen atoms in total. The Labute approximate surface area is 182 Å². The second-order valence-corrected chi connectivity index (χ2v) is 8.46. The number of rotatable bonds is 4. The van der Waals surface area contributed by atoms with E-state index in [0.717, 1.165) is 28.9 Å². The summed E-state index contributed by atoms with van der Waals surface area (Å²) in [5.74, 6) is -0.823. The maximum atomic E-state index is 13.4. The van der Waals surface area contributed by atoms with Crippen molar-refractivity contribution in [2.75, 3.05) is 4.90 Å². The summed E-state index contributed by atoms with van der Waals surface area (Å²) in [5, 5.41) is 2.82. The Balaban J connectivity index is 1.74. The van der Waals surface area contributed by atoms with Crippen LogP contribution in [0.25, 0.3) is 6.08 Å². The first-order chi connectivity index (χ1) is 14.4. The fraction of sp³-hybridized carbons (Fsp3) is 0.375. The van der Waals surface area contributed by atoms with E-state index in [1.54, 1.807) is 6.08 Å². The van der Waals surface area contributed by atoms with E-state index in [1.165, 1.54) is 36.3 Å². The van der Waals surface area contributed by atoms with Crippen LogP contribution in [0.5, 0.6) is 0 Å². The Kier molecular flexibility index (Phi) is 5.60. The zero-order chi connectivity index (χ0) is 21.4. The molecule has 2 aliphatic rings. The molecule has 4 rings (SSSR count). The van der Waals surface area contributed by atoms with Gasteiger partial charge in [-0.1, -0.05) is 38.0 Å². The number of benzene rings is 1. The van der Waals surface area contributed by atoms with Crippen molar-refractivity contribution in [1.82, 2.24) is 9.88 Å². The highest BCUT2D eigenvalue weighted by atomic mass is 32.1. The molecule has 2 aromatic rings. The van der Waals surface area contributed by atoms with E-state index in [0.29, 0.717) is 6.04 Å². The molecule has 0 spiro atoms. The molecule has 1 saturated carbocycles. The van der Waals surface area contributed by atoms with E-state index in [2.05, 4.69) is 29.8 Å². The van der Waals surface area contributed by atoms with Crippen LogP contribution in [0.2, 0.25) is 0 Å². The fourth-order valence-electron chi connectivity index (χ4n) is 4.73. The molecule has 0 radical (unpaired) electrons. The van der Waals surface area contributed by atoms with Crippen LogP contribution in [0.15, 0.2) is 35.9 Å². The van der Waals surface area contributed by atoms with Gasteiger partial charge in [0.05, 0.1) is 5.69 Å². The lowest BCUT2D eigenvalue weighted by atomic mass is 10.0. The van der Waals surface area contributed by atoms with Crippen LogP contribution in [0.4, 0.5) is 5.69 Å². The van der Waals surface area contributed by atoms with Gasteiger partial charge in [-0.05, 0) is 74.7 Å². The molecule has 0 atom stereocenters. The predicted molar refractivity (Wildman–Crippen MR) is 123 cm³/mol. The Morgan fingerprint density at radius 3 is 2.57 bits per heavy atom. The topological polar surface area (TPSA) is 54.3 Å². The second kappa shape index (κ2) is 8.19. The SMILES string of the molecule is CCc1ccccc1N1C(=O)/C(=C/c2cc(C)n(C3CCCC3)c2C)C(=O)NC1=S. The highest BCUT2D eigenvalue weighted by Gasteiger charge is 2.35. The lowest BCUT2D eigenvalue weighted by molar-refractivity contribution is -0.122. The molecule has 2 heterocycles. The summed E-state index contributed by atoms with van der Waals surface area (Å²) in [7, 11) is 0. The van der Waals surface area contributed by atoms with Gasteiger partial charge in [-0.15, -0.1) is 0 Å². The average Bonchev–Trinajstić information content (AvgIpc) is 3.33. The normalized spacial score (nSPS) is 19.1. The largest absolute Gasteiger partial charge is 0.346 e. The maximum Gasteiger partial charge on any atom is 0.270 e. The number of thiocarbonyl (C=S) groups is 1. The lowest BCUT2D eigenvalue weighted by Gasteiger charge is -2.30. The van der Waals surface area contributed by atoms with Crippen molar-refractivity contribution in [3.63, 3.8) is 0 Å². The molecule has 6 heteroatoms. The quantitative estimate of drug-likeness (QED) is 0.445. The summed E-state index contributed by atoms with van der Waals surface area (Å²) in [4.78, 5) is 27.5. The summed E-state index contributed by atoms with van der Waals surface area (Å²) in [6.07, 6.45) is 7.35. The molecule has 1 aromatic heterocycles. The molecule has 30 heavy (non-hydrogen) atoms. The van der Waals surface area contributed by atoms with Crippen molar-refractivity contribution < 1.29 is 9.59 Å². The number of carbonyl (C=O) groups excluding carboxylic acids is 2. The van der Waals surface area contributed by atoms with Gasteiger partial charge >= 0.3 is 0 Å². The molecule has 1 N–H and O–H groups in total. The highest BCUT2D eigenvalue weighted by Crippen LogP contribution is 2.34. The van der Waals surface area contributed by atoms with Crippen molar-refractivity contribution in [3.05, 3.63) is 58.4 Å². The third-order valence-electron chi connectivity index (χ3n) is 6.23. The van der Waals surface area contributed by atoms with Gasteiger partial charge in [0.25, 0.3) is 11.8 Å². The van der Waals surface area contributed by atoms with Crippen molar-refractivity contribution in [1.29, 1.82) is 0 Å². The molecule has 156 valence electrons. The van der Waals surface area contributed by atoms with Crippen LogP contribution in [-0.4, -0.2) is 21.5 Å².